The van der Waals surface area contributed by atoms with Crippen molar-refractivity contribution in [3.05, 3.63) is 60.7 Å². The molecule has 5 heteroatoms. The largest absolute Gasteiger partial charge is 0.504 e. The van der Waals surface area contributed by atoms with Gasteiger partial charge >= 0.3 is 0 Å². The summed E-state index contributed by atoms with van der Waals surface area (Å²) in [5.41, 5.74) is 0. The van der Waals surface area contributed by atoms with E-state index < -0.39 is 0 Å². The minimum absolute atomic E-state index is 0. The fourth-order valence-corrected chi connectivity index (χ4v) is 1.71. The number of hydrogen-bond acceptors (Lipinski definition) is 4. The van der Waals surface area contributed by atoms with Gasteiger partial charge in [-0.25, -0.2) is 0 Å². The summed E-state index contributed by atoms with van der Waals surface area (Å²) in [7, 11) is 0. The molecule has 3 aromatic rings. The van der Waals surface area contributed by atoms with Gasteiger partial charge in [0.1, 0.15) is 0 Å². The van der Waals surface area contributed by atoms with E-state index in [4.69, 9.17) is 15.3 Å². The normalized spacial score (nSPS) is 9.33. The van der Waals surface area contributed by atoms with E-state index in [1.807, 2.05) is 18.2 Å². The van der Waals surface area contributed by atoms with Crippen molar-refractivity contribution in [2.75, 3.05) is 0 Å². The molecule has 4 nitrogen and oxygen atoms in total. The minimum atomic E-state index is -0.0764. The molecule has 3 aromatic carbocycles. The SMILES string of the molecule is Oc1ccc2ccccc2c1O.Oc1ccccc1O.[Ti]. The van der Waals surface area contributed by atoms with Gasteiger partial charge in [-0.05, 0) is 23.6 Å². The molecular weight excluding hydrogens is 304 g/mol. The molecule has 0 amide bonds. The van der Waals surface area contributed by atoms with Crippen molar-refractivity contribution in [1.82, 2.24) is 0 Å². The first-order valence-electron chi connectivity index (χ1n) is 5.96. The molecule has 0 saturated carbocycles. The maximum Gasteiger partial charge on any atom is 0.165 e. The smallest absolute Gasteiger partial charge is 0.165 e. The van der Waals surface area contributed by atoms with Gasteiger partial charge in [-0.15, -0.1) is 0 Å². The van der Waals surface area contributed by atoms with Crippen molar-refractivity contribution in [2.24, 2.45) is 0 Å². The molecule has 21 heavy (non-hydrogen) atoms. The van der Waals surface area contributed by atoms with Crippen LogP contribution in [0.5, 0.6) is 23.0 Å². The van der Waals surface area contributed by atoms with Crippen LogP contribution in [0.4, 0.5) is 0 Å². The molecule has 0 aliphatic carbocycles. The molecule has 4 N–H and O–H groups in total. The third kappa shape index (κ3) is 4.15. The Bertz CT molecular complexity index is 707. The Hall–Kier alpha value is -2.17. The topological polar surface area (TPSA) is 80.9 Å². The third-order valence-corrected chi connectivity index (χ3v) is 2.76. The van der Waals surface area contributed by atoms with Gasteiger partial charge in [0.2, 0.25) is 0 Å². The first kappa shape index (κ1) is 16.9. The van der Waals surface area contributed by atoms with E-state index in [-0.39, 0.29) is 44.7 Å². The van der Waals surface area contributed by atoms with Crippen LogP contribution >= 0.6 is 0 Å². The van der Waals surface area contributed by atoms with Crippen LogP contribution in [0, 0.1) is 0 Å². The van der Waals surface area contributed by atoms with Crippen molar-refractivity contribution in [1.29, 1.82) is 0 Å². The fraction of sp³-hybridized carbons (Fsp3) is 0. The second-order valence-electron chi connectivity index (χ2n) is 4.14. The summed E-state index contributed by atoms with van der Waals surface area (Å²) in [5, 5.41) is 37.5. The van der Waals surface area contributed by atoms with Crippen LogP contribution in [0.1, 0.15) is 0 Å². The average Bonchev–Trinajstić information content (AvgIpc) is 2.47. The number of rotatable bonds is 0. The Morgan fingerprint density at radius 3 is 1.62 bits per heavy atom. The van der Waals surface area contributed by atoms with E-state index in [1.54, 1.807) is 24.3 Å². The van der Waals surface area contributed by atoms with Crippen LogP contribution in [0.25, 0.3) is 10.8 Å². The molecule has 0 aromatic heterocycles. The van der Waals surface area contributed by atoms with Crippen molar-refractivity contribution in [2.45, 2.75) is 0 Å². The van der Waals surface area contributed by atoms with Gasteiger partial charge < -0.3 is 20.4 Å². The van der Waals surface area contributed by atoms with Crippen molar-refractivity contribution in [3.63, 3.8) is 0 Å². The predicted molar refractivity (Wildman–Crippen MR) is 77.0 cm³/mol. The summed E-state index contributed by atoms with van der Waals surface area (Å²) < 4.78 is 0. The average molecular weight is 318 g/mol. The Morgan fingerprint density at radius 2 is 1.05 bits per heavy atom. The summed E-state index contributed by atoms with van der Waals surface area (Å²) in [4.78, 5) is 0. The zero-order valence-corrected chi connectivity index (χ0v) is 12.6. The molecule has 0 bridgehead atoms. The van der Waals surface area contributed by atoms with E-state index >= 15 is 0 Å². The van der Waals surface area contributed by atoms with Gasteiger partial charge in [0.05, 0.1) is 0 Å². The monoisotopic (exact) mass is 318 g/mol. The molecular formula is C16H14O4Ti. The summed E-state index contributed by atoms with van der Waals surface area (Å²) in [6.07, 6.45) is 0. The molecule has 0 heterocycles. The molecule has 3 rings (SSSR count). The molecule has 0 unspecified atom stereocenters. The van der Waals surface area contributed by atoms with Crippen LogP contribution in [-0.4, -0.2) is 20.4 Å². The maximum atomic E-state index is 9.41. The minimum Gasteiger partial charge on any atom is -0.504 e. The molecule has 0 atom stereocenters. The first-order chi connectivity index (χ1) is 9.59. The number of para-hydroxylation sites is 2. The van der Waals surface area contributed by atoms with Gasteiger partial charge in [-0.3, -0.25) is 0 Å². The molecule has 0 radical (unpaired) electrons. The van der Waals surface area contributed by atoms with Crippen LogP contribution in [-0.2, 0) is 21.7 Å². The van der Waals surface area contributed by atoms with Crippen LogP contribution in [0.3, 0.4) is 0 Å². The summed E-state index contributed by atoms with van der Waals surface area (Å²) >= 11 is 0. The maximum absolute atomic E-state index is 9.41. The summed E-state index contributed by atoms with van der Waals surface area (Å²) in [6, 6.07) is 16.8. The van der Waals surface area contributed by atoms with Gasteiger partial charge in [0, 0.05) is 27.1 Å². The fourth-order valence-electron chi connectivity index (χ4n) is 1.71. The van der Waals surface area contributed by atoms with Gasteiger partial charge in [0.15, 0.2) is 23.0 Å². The molecule has 0 spiro atoms. The number of fused-ring (bicyclic) bond motifs is 1. The Kier molecular flexibility index (Phi) is 6.09. The first-order valence-corrected chi connectivity index (χ1v) is 5.96. The number of hydrogen-bond donors (Lipinski definition) is 4. The van der Waals surface area contributed by atoms with Crippen LogP contribution in [0.15, 0.2) is 60.7 Å². The second-order valence-corrected chi connectivity index (χ2v) is 4.14. The Labute approximate surface area is 136 Å². The third-order valence-electron chi connectivity index (χ3n) is 2.76. The van der Waals surface area contributed by atoms with Crippen LogP contribution in [0.2, 0.25) is 0 Å². The van der Waals surface area contributed by atoms with Crippen molar-refractivity contribution < 1.29 is 42.1 Å². The van der Waals surface area contributed by atoms with E-state index in [1.165, 1.54) is 18.2 Å². The molecule has 0 fully saturated rings. The van der Waals surface area contributed by atoms with Crippen LogP contribution < -0.4 is 0 Å². The Morgan fingerprint density at radius 1 is 0.524 bits per heavy atom. The van der Waals surface area contributed by atoms with Gasteiger partial charge in [-0.1, -0.05) is 42.5 Å². The molecule has 0 aliphatic rings. The number of phenols is 4. The molecule has 0 aliphatic heterocycles. The summed E-state index contributed by atoms with van der Waals surface area (Å²) in [6.45, 7) is 0. The predicted octanol–water partition coefficient (Wildman–Crippen LogP) is 3.35. The Balaban J connectivity index is 0.000000216. The zero-order chi connectivity index (χ0) is 14.5. The molecule has 0 saturated heterocycles. The van der Waals surface area contributed by atoms with Crippen molar-refractivity contribution >= 4 is 10.8 Å². The number of benzene rings is 3. The van der Waals surface area contributed by atoms with E-state index in [9.17, 15) is 5.11 Å². The summed E-state index contributed by atoms with van der Waals surface area (Å²) in [5.74, 6) is -0.276. The van der Waals surface area contributed by atoms with E-state index in [2.05, 4.69) is 0 Å². The van der Waals surface area contributed by atoms with E-state index in [0.717, 1.165) is 5.39 Å². The quantitative estimate of drug-likeness (QED) is 0.378. The van der Waals surface area contributed by atoms with Gasteiger partial charge in [0.25, 0.3) is 0 Å². The van der Waals surface area contributed by atoms with Crippen molar-refractivity contribution in [3.8, 4) is 23.0 Å². The number of phenolic OH excluding ortho intramolecular Hbond substituents is 4. The second kappa shape index (κ2) is 7.57. The standard InChI is InChI=1S/C10H8O2.C6H6O2.Ti/c11-9-6-5-7-3-1-2-4-8(7)10(9)12;7-5-3-1-2-4-6(5)8;/h1-6,11-12H;1-4,7-8H;. The zero-order valence-electron chi connectivity index (χ0n) is 11.1. The molecule has 106 valence electrons. The van der Waals surface area contributed by atoms with Gasteiger partial charge in [-0.2, -0.15) is 0 Å². The number of aromatic hydroxyl groups is 4. The van der Waals surface area contributed by atoms with E-state index in [0.29, 0.717) is 5.39 Å².